The third-order valence-electron chi connectivity index (χ3n) is 2.73. The lowest BCUT2D eigenvalue weighted by Gasteiger charge is -2.17. The number of benzene rings is 1. The molecule has 1 rings (SSSR count). The second kappa shape index (κ2) is 5.18. The van der Waals surface area contributed by atoms with Crippen LogP contribution in [0.4, 0.5) is 0 Å². The number of halogens is 1. The summed E-state index contributed by atoms with van der Waals surface area (Å²) in [6.45, 7) is 2.80. The molecule has 2 unspecified atom stereocenters. The van der Waals surface area contributed by atoms with Crippen molar-refractivity contribution in [2.24, 2.45) is 5.92 Å². The van der Waals surface area contributed by atoms with Gasteiger partial charge in [0.1, 0.15) is 0 Å². The van der Waals surface area contributed by atoms with Crippen LogP contribution in [0.3, 0.4) is 0 Å². The Morgan fingerprint density at radius 1 is 1.29 bits per heavy atom. The fourth-order valence-electron chi connectivity index (χ4n) is 1.35. The Morgan fingerprint density at radius 2 is 1.82 bits per heavy atom. The first-order chi connectivity index (χ1) is 7.78. The van der Waals surface area contributed by atoms with E-state index >= 15 is 0 Å². The van der Waals surface area contributed by atoms with E-state index in [1.54, 1.807) is 18.2 Å². The zero-order valence-corrected chi connectivity index (χ0v) is 11.8. The third-order valence-corrected chi connectivity index (χ3v) is 6.04. The fraction of sp³-hybridized carbons (Fsp3) is 0.364. The van der Waals surface area contributed by atoms with E-state index in [0.717, 1.165) is 0 Å². The Morgan fingerprint density at radius 3 is 2.29 bits per heavy atom. The van der Waals surface area contributed by atoms with Crippen molar-refractivity contribution in [1.29, 1.82) is 0 Å². The molecular weight excluding hydrogens is 308 g/mol. The van der Waals surface area contributed by atoms with Crippen molar-refractivity contribution < 1.29 is 18.3 Å². The number of carboxylic acids is 1. The zero-order chi connectivity index (χ0) is 13.2. The van der Waals surface area contributed by atoms with E-state index in [1.807, 2.05) is 0 Å². The van der Waals surface area contributed by atoms with Gasteiger partial charge in [-0.2, -0.15) is 0 Å². The summed E-state index contributed by atoms with van der Waals surface area (Å²) in [7, 11) is -3.64. The van der Waals surface area contributed by atoms with Gasteiger partial charge in [-0.1, -0.05) is 19.1 Å². The minimum Gasteiger partial charge on any atom is -0.481 e. The largest absolute Gasteiger partial charge is 0.481 e. The third kappa shape index (κ3) is 2.87. The fourth-order valence-corrected chi connectivity index (χ4v) is 3.97. The molecule has 0 saturated heterocycles. The maximum atomic E-state index is 12.2. The summed E-state index contributed by atoms with van der Waals surface area (Å²) in [4.78, 5) is 11.0. The molecule has 17 heavy (non-hydrogen) atoms. The molecule has 0 heterocycles. The Kier molecular flexibility index (Phi) is 4.32. The van der Waals surface area contributed by atoms with E-state index in [1.165, 1.54) is 19.9 Å². The second-order valence-corrected chi connectivity index (χ2v) is 6.94. The van der Waals surface area contributed by atoms with Crippen molar-refractivity contribution >= 4 is 31.7 Å². The predicted octanol–water partition coefficient (Wildman–Crippen LogP) is 2.33. The minimum atomic E-state index is -3.64. The number of carboxylic acid groups (broad SMARTS) is 1. The van der Waals surface area contributed by atoms with Crippen molar-refractivity contribution in [1.82, 2.24) is 0 Å². The zero-order valence-electron chi connectivity index (χ0n) is 9.42. The van der Waals surface area contributed by atoms with Crippen molar-refractivity contribution in [2.45, 2.75) is 24.0 Å². The average molecular weight is 321 g/mol. The highest BCUT2D eigenvalue weighted by atomic mass is 79.9. The molecule has 0 aliphatic carbocycles. The maximum Gasteiger partial charge on any atom is 0.307 e. The molecule has 0 aliphatic rings. The molecule has 0 bridgehead atoms. The molecule has 4 nitrogen and oxygen atoms in total. The molecular formula is C11H13BrO4S. The molecule has 0 aromatic heterocycles. The molecule has 1 aromatic rings. The van der Waals surface area contributed by atoms with Crippen molar-refractivity contribution in [2.75, 3.05) is 0 Å². The van der Waals surface area contributed by atoms with E-state index in [9.17, 15) is 13.2 Å². The number of sulfone groups is 1. The van der Waals surface area contributed by atoms with Gasteiger partial charge in [0.25, 0.3) is 0 Å². The molecule has 2 atom stereocenters. The highest BCUT2D eigenvalue weighted by Crippen LogP contribution is 2.27. The van der Waals surface area contributed by atoms with Gasteiger partial charge in [0, 0.05) is 4.47 Å². The molecule has 1 N–H and O–H groups in total. The Bertz CT molecular complexity index is 524. The maximum absolute atomic E-state index is 12.2. The summed E-state index contributed by atoms with van der Waals surface area (Å²) in [6, 6.07) is 6.39. The molecule has 0 amide bonds. The van der Waals surface area contributed by atoms with E-state index in [0.29, 0.717) is 4.47 Å². The van der Waals surface area contributed by atoms with Crippen LogP contribution < -0.4 is 0 Å². The molecule has 6 heteroatoms. The number of aliphatic carboxylic acids is 1. The van der Waals surface area contributed by atoms with Gasteiger partial charge in [0.05, 0.1) is 16.1 Å². The summed E-state index contributed by atoms with van der Waals surface area (Å²) < 4.78 is 24.9. The lowest BCUT2D eigenvalue weighted by molar-refractivity contribution is -0.141. The normalized spacial score (nSPS) is 15.2. The Hall–Kier alpha value is -0.880. The van der Waals surface area contributed by atoms with Gasteiger partial charge < -0.3 is 5.11 Å². The Balaban J connectivity index is 3.21. The quantitative estimate of drug-likeness (QED) is 0.924. The van der Waals surface area contributed by atoms with Crippen LogP contribution in [0.25, 0.3) is 0 Å². The van der Waals surface area contributed by atoms with Gasteiger partial charge in [-0.3, -0.25) is 4.79 Å². The van der Waals surface area contributed by atoms with Crippen LogP contribution in [0.5, 0.6) is 0 Å². The van der Waals surface area contributed by atoms with Crippen LogP contribution in [0, 0.1) is 5.92 Å². The molecule has 94 valence electrons. The SMILES string of the molecule is CC(C(=O)O)C(C)S(=O)(=O)c1ccccc1Br. The van der Waals surface area contributed by atoms with Gasteiger partial charge in [-0.05, 0) is 35.0 Å². The lowest BCUT2D eigenvalue weighted by Crippen LogP contribution is -2.30. The minimum absolute atomic E-state index is 0.126. The smallest absolute Gasteiger partial charge is 0.307 e. The van der Waals surface area contributed by atoms with Gasteiger partial charge in [-0.15, -0.1) is 0 Å². The van der Waals surface area contributed by atoms with E-state index in [-0.39, 0.29) is 4.90 Å². The van der Waals surface area contributed by atoms with Crippen molar-refractivity contribution in [3.8, 4) is 0 Å². The summed E-state index contributed by atoms with van der Waals surface area (Å²) in [5.74, 6) is -2.07. The van der Waals surface area contributed by atoms with Crippen LogP contribution in [-0.2, 0) is 14.6 Å². The highest BCUT2D eigenvalue weighted by Gasteiger charge is 2.33. The molecule has 1 aromatic carbocycles. The number of carbonyl (C=O) groups is 1. The predicted molar refractivity (Wildman–Crippen MR) is 67.6 cm³/mol. The van der Waals surface area contributed by atoms with Gasteiger partial charge in [0.2, 0.25) is 0 Å². The first-order valence-corrected chi connectivity index (χ1v) is 7.33. The van der Waals surface area contributed by atoms with Crippen LogP contribution in [0.2, 0.25) is 0 Å². The number of hydrogen-bond acceptors (Lipinski definition) is 3. The van der Waals surface area contributed by atoms with Crippen molar-refractivity contribution in [3.63, 3.8) is 0 Å². The molecule has 0 spiro atoms. The van der Waals surface area contributed by atoms with Gasteiger partial charge in [0.15, 0.2) is 9.84 Å². The van der Waals surface area contributed by atoms with E-state index in [4.69, 9.17) is 5.11 Å². The molecule has 0 saturated carbocycles. The monoisotopic (exact) mass is 320 g/mol. The lowest BCUT2D eigenvalue weighted by atomic mass is 10.1. The molecule has 0 radical (unpaired) electrons. The van der Waals surface area contributed by atoms with Crippen LogP contribution in [0.15, 0.2) is 33.6 Å². The second-order valence-electron chi connectivity index (χ2n) is 3.81. The average Bonchev–Trinajstić information content (AvgIpc) is 2.27. The standard InChI is InChI=1S/C11H13BrO4S/c1-7(11(13)14)8(2)17(15,16)10-6-4-3-5-9(10)12/h3-8H,1-2H3,(H,13,14). The van der Waals surface area contributed by atoms with E-state index in [2.05, 4.69) is 15.9 Å². The first kappa shape index (κ1) is 14.2. The highest BCUT2D eigenvalue weighted by molar-refractivity contribution is 9.10. The molecule has 0 aliphatic heterocycles. The Labute approximate surface area is 109 Å². The van der Waals surface area contributed by atoms with E-state index < -0.39 is 27.0 Å². The number of rotatable bonds is 4. The topological polar surface area (TPSA) is 71.4 Å². The number of hydrogen-bond donors (Lipinski definition) is 1. The summed E-state index contributed by atoms with van der Waals surface area (Å²) in [5, 5.41) is 7.88. The summed E-state index contributed by atoms with van der Waals surface area (Å²) in [6.07, 6.45) is 0. The van der Waals surface area contributed by atoms with Crippen LogP contribution in [-0.4, -0.2) is 24.7 Å². The van der Waals surface area contributed by atoms with Gasteiger partial charge in [-0.25, -0.2) is 8.42 Å². The summed E-state index contributed by atoms with van der Waals surface area (Å²) >= 11 is 3.16. The summed E-state index contributed by atoms with van der Waals surface area (Å²) in [5.41, 5.74) is 0. The van der Waals surface area contributed by atoms with Crippen LogP contribution in [0.1, 0.15) is 13.8 Å². The van der Waals surface area contributed by atoms with Crippen LogP contribution >= 0.6 is 15.9 Å². The van der Waals surface area contributed by atoms with Crippen molar-refractivity contribution in [3.05, 3.63) is 28.7 Å². The molecule has 0 fully saturated rings. The van der Waals surface area contributed by atoms with Gasteiger partial charge >= 0.3 is 5.97 Å². The first-order valence-electron chi connectivity index (χ1n) is 4.99.